The molecule has 0 saturated heterocycles. The van der Waals surface area contributed by atoms with E-state index >= 15 is 0 Å². The summed E-state index contributed by atoms with van der Waals surface area (Å²) in [6, 6.07) is 0. The third-order valence-corrected chi connectivity index (χ3v) is 2.01. The van der Waals surface area contributed by atoms with Gasteiger partial charge < -0.3 is 4.74 Å². The summed E-state index contributed by atoms with van der Waals surface area (Å²) in [4.78, 5) is 22.2. The van der Waals surface area contributed by atoms with E-state index in [1.807, 2.05) is 0 Å². The van der Waals surface area contributed by atoms with Gasteiger partial charge in [-0.15, -0.1) is 0 Å². The standard InChI is InChI=1S/C9H12O3/c1-3-12-9(11)7-4-5-8(10)6(7)2/h7H,2-5H2,1H3. The van der Waals surface area contributed by atoms with Gasteiger partial charge in [0.05, 0.1) is 12.5 Å². The zero-order valence-electron chi connectivity index (χ0n) is 7.13. The van der Waals surface area contributed by atoms with Crippen LogP contribution in [0.5, 0.6) is 0 Å². The lowest BCUT2D eigenvalue weighted by atomic mass is 10.1. The maximum absolute atomic E-state index is 11.2. The molecule has 0 spiro atoms. The van der Waals surface area contributed by atoms with Gasteiger partial charge in [-0.25, -0.2) is 0 Å². The minimum absolute atomic E-state index is 0.00643. The summed E-state index contributed by atoms with van der Waals surface area (Å²) in [5.41, 5.74) is 0.411. The van der Waals surface area contributed by atoms with Crippen LogP contribution in [0.25, 0.3) is 0 Å². The number of rotatable bonds is 2. The average Bonchev–Trinajstić information content (AvgIpc) is 2.34. The molecule has 12 heavy (non-hydrogen) atoms. The molecule has 0 heterocycles. The molecule has 0 aliphatic heterocycles. The lowest BCUT2D eigenvalue weighted by Crippen LogP contribution is -2.16. The number of carbonyl (C=O) groups is 2. The van der Waals surface area contributed by atoms with Crippen LogP contribution in [-0.2, 0) is 14.3 Å². The fourth-order valence-electron chi connectivity index (χ4n) is 1.31. The van der Waals surface area contributed by atoms with Crippen molar-refractivity contribution in [3.05, 3.63) is 12.2 Å². The lowest BCUT2D eigenvalue weighted by molar-refractivity contribution is -0.146. The summed E-state index contributed by atoms with van der Waals surface area (Å²) in [6.45, 7) is 5.67. The normalized spacial score (nSPS) is 22.9. The first kappa shape index (κ1) is 8.97. The summed E-state index contributed by atoms with van der Waals surface area (Å²) in [7, 11) is 0. The van der Waals surface area contributed by atoms with Crippen molar-refractivity contribution in [2.75, 3.05) is 6.61 Å². The molecule has 1 fully saturated rings. The van der Waals surface area contributed by atoms with Crippen LogP contribution in [0, 0.1) is 5.92 Å². The first-order chi connectivity index (χ1) is 5.66. The molecule has 1 aliphatic carbocycles. The van der Waals surface area contributed by atoms with Gasteiger partial charge >= 0.3 is 5.97 Å². The third-order valence-electron chi connectivity index (χ3n) is 2.01. The molecule has 0 aromatic rings. The van der Waals surface area contributed by atoms with Crippen LogP contribution in [0.1, 0.15) is 19.8 Å². The first-order valence-electron chi connectivity index (χ1n) is 4.05. The van der Waals surface area contributed by atoms with E-state index in [1.54, 1.807) is 6.92 Å². The van der Waals surface area contributed by atoms with Gasteiger partial charge in [0.1, 0.15) is 0 Å². The Morgan fingerprint density at radius 3 is 2.83 bits per heavy atom. The van der Waals surface area contributed by atoms with Crippen molar-refractivity contribution < 1.29 is 14.3 Å². The summed E-state index contributed by atoms with van der Waals surface area (Å²) in [5.74, 6) is -0.696. The molecule has 1 saturated carbocycles. The van der Waals surface area contributed by atoms with E-state index in [4.69, 9.17) is 4.74 Å². The minimum Gasteiger partial charge on any atom is -0.466 e. The second-order valence-electron chi connectivity index (χ2n) is 2.79. The van der Waals surface area contributed by atoms with Gasteiger partial charge in [0.25, 0.3) is 0 Å². The van der Waals surface area contributed by atoms with E-state index < -0.39 is 0 Å². The van der Waals surface area contributed by atoms with Crippen LogP contribution >= 0.6 is 0 Å². The van der Waals surface area contributed by atoms with Crippen molar-refractivity contribution in [2.45, 2.75) is 19.8 Å². The maximum Gasteiger partial charge on any atom is 0.313 e. The number of Topliss-reactive ketones (excluding diaryl/α,β-unsaturated/α-hetero) is 1. The summed E-state index contributed by atoms with van der Waals surface area (Å²) < 4.78 is 4.79. The van der Waals surface area contributed by atoms with Crippen molar-refractivity contribution in [1.29, 1.82) is 0 Å². The Balaban J connectivity index is 2.59. The number of hydrogen-bond donors (Lipinski definition) is 0. The molecule has 1 atom stereocenters. The summed E-state index contributed by atoms with van der Waals surface area (Å²) in [6.07, 6.45) is 0.999. The highest BCUT2D eigenvalue weighted by atomic mass is 16.5. The molecule has 0 bridgehead atoms. The fraction of sp³-hybridized carbons (Fsp3) is 0.556. The molecule has 66 valence electrons. The number of esters is 1. The molecule has 3 heteroatoms. The molecular weight excluding hydrogens is 156 g/mol. The van der Waals surface area contributed by atoms with E-state index in [9.17, 15) is 9.59 Å². The van der Waals surface area contributed by atoms with Crippen LogP contribution in [0.2, 0.25) is 0 Å². The maximum atomic E-state index is 11.2. The van der Waals surface area contributed by atoms with E-state index in [1.165, 1.54) is 0 Å². The molecule has 0 amide bonds. The molecule has 0 N–H and O–H groups in total. The van der Waals surface area contributed by atoms with Crippen LogP contribution in [0.4, 0.5) is 0 Å². The molecule has 1 aliphatic rings. The fourth-order valence-corrected chi connectivity index (χ4v) is 1.31. The van der Waals surface area contributed by atoms with Gasteiger partial charge in [0, 0.05) is 12.0 Å². The van der Waals surface area contributed by atoms with Crippen molar-refractivity contribution in [3.8, 4) is 0 Å². The Morgan fingerprint density at radius 2 is 2.42 bits per heavy atom. The highest BCUT2D eigenvalue weighted by Gasteiger charge is 2.33. The van der Waals surface area contributed by atoms with Crippen molar-refractivity contribution in [1.82, 2.24) is 0 Å². The highest BCUT2D eigenvalue weighted by molar-refractivity contribution is 6.02. The molecule has 0 aromatic heterocycles. The Kier molecular flexibility index (Phi) is 2.63. The predicted molar refractivity (Wildman–Crippen MR) is 43.5 cm³/mol. The van der Waals surface area contributed by atoms with Crippen LogP contribution < -0.4 is 0 Å². The van der Waals surface area contributed by atoms with E-state index in [0.29, 0.717) is 25.0 Å². The zero-order chi connectivity index (χ0) is 9.14. The molecule has 0 radical (unpaired) electrons. The van der Waals surface area contributed by atoms with E-state index in [-0.39, 0.29) is 17.7 Å². The lowest BCUT2D eigenvalue weighted by Gasteiger charge is -2.07. The van der Waals surface area contributed by atoms with E-state index in [0.717, 1.165) is 0 Å². The molecular formula is C9H12O3. The Labute approximate surface area is 71.4 Å². The quantitative estimate of drug-likeness (QED) is 0.458. The number of hydrogen-bond acceptors (Lipinski definition) is 3. The van der Waals surface area contributed by atoms with Gasteiger partial charge in [0.2, 0.25) is 0 Å². The average molecular weight is 168 g/mol. The summed E-state index contributed by atoms with van der Waals surface area (Å²) >= 11 is 0. The second-order valence-corrected chi connectivity index (χ2v) is 2.79. The molecule has 3 nitrogen and oxygen atoms in total. The van der Waals surface area contributed by atoms with Gasteiger partial charge in [-0.1, -0.05) is 6.58 Å². The second kappa shape index (κ2) is 3.52. The van der Waals surface area contributed by atoms with E-state index in [2.05, 4.69) is 6.58 Å². The molecule has 1 unspecified atom stereocenters. The van der Waals surface area contributed by atoms with Crippen molar-refractivity contribution >= 4 is 11.8 Å². The number of ketones is 1. The van der Waals surface area contributed by atoms with Crippen LogP contribution in [0.15, 0.2) is 12.2 Å². The monoisotopic (exact) mass is 168 g/mol. The van der Waals surface area contributed by atoms with Gasteiger partial charge in [-0.3, -0.25) is 9.59 Å². The van der Waals surface area contributed by atoms with Crippen LogP contribution in [-0.4, -0.2) is 18.4 Å². The Bertz CT molecular complexity index is 230. The van der Waals surface area contributed by atoms with Gasteiger partial charge in [-0.2, -0.15) is 0 Å². The highest BCUT2D eigenvalue weighted by Crippen LogP contribution is 2.27. The zero-order valence-corrected chi connectivity index (χ0v) is 7.13. The smallest absolute Gasteiger partial charge is 0.313 e. The SMILES string of the molecule is C=C1C(=O)CCC1C(=O)OCC. The van der Waals surface area contributed by atoms with Crippen molar-refractivity contribution in [2.24, 2.45) is 5.92 Å². The summed E-state index contributed by atoms with van der Waals surface area (Å²) in [5, 5.41) is 0. The number of ether oxygens (including phenoxy) is 1. The Morgan fingerprint density at radius 1 is 1.75 bits per heavy atom. The first-order valence-corrected chi connectivity index (χ1v) is 4.05. The Hall–Kier alpha value is -1.12. The third kappa shape index (κ3) is 1.55. The van der Waals surface area contributed by atoms with Gasteiger partial charge in [0.15, 0.2) is 5.78 Å². The van der Waals surface area contributed by atoms with Crippen molar-refractivity contribution in [3.63, 3.8) is 0 Å². The topological polar surface area (TPSA) is 43.4 Å². The predicted octanol–water partition coefficient (Wildman–Crippen LogP) is 1.08. The minimum atomic E-state index is -0.377. The van der Waals surface area contributed by atoms with Gasteiger partial charge in [-0.05, 0) is 13.3 Å². The molecule has 1 rings (SSSR count). The largest absolute Gasteiger partial charge is 0.466 e. The number of carbonyl (C=O) groups excluding carboxylic acids is 2. The molecule has 0 aromatic carbocycles. The van der Waals surface area contributed by atoms with Crippen LogP contribution in [0.3, 0.4) is 0 Å².